The summed E-state index contributed by atoms with van der Waals surface area (Å²) in [6, 6.07) is 2.45. The normalized spacial score (nSPS) is 23.1. The molecule has 5 nitrogen and oxygen atoms in total. The maximum absolute atomic E-state index is 4.34. The molecular weight excluding hydrogens is 226 g/mol. The Labute approximate surface area is 106 Å². The molecule has 1 aliphatic heterocycles. The minimum Gasteiger partial charge on any atom is -0.365 e. The zero-order chi connectivity index (χ0) is 12.6. The molecule has 1 saturated heterocycles. The summed E-state index contributed by atoms with van der Waals surface area (Å²) in [6.45, 7) is 5.47. The van der Waals surface area contributed by atoms with E-state index in [0.29, 0.717) is 6.04 Å². The monoisotopic (exact) mass is 245 g/mol. The van der Waals surface area contributed by atoms with Gasteiger partial charge in [0.1, 0.15) is 17.8 Å². The van der Waals surface area contributed by atoms with Crippen molar-refractivity contribution >= 4 is 16.9 Å². The second-order valence-electron chi connectivity index (χ2n) is 5.61. The second kappa shape index (κ2) is 4.24. The third kappa shape index (κ3) is 2.18. The van der Waals surface area contributed by atoms with Gasteiger partial charge in [0, 0.05) is 24.3 Å². The van der Waals surface area contributed by atoms with Gasteiger partial charge in [0.15, 0.2) is 0 Å². The molecule has 1 fully saturated rings. The van der Waals surface area contributed by atoms with Gasteiger partial charge in [-0.3, -0.25) is 0 Å². The number of hydrogen-bond donors (Lipinski definition) is 3. The smallest absolute Gasteiger partial charge is 0.142 e. The summed E-state index contributed by atoms with van der Waals surface area (Å²) < 4.78 is 0. The molecular formula is C13H19N5. The molecule has 0 saturated carbocycles. The summed E-state index contributed by atoms with van der Waals surface area (Å²) in [7, 11) is 0. The van der Waals surface area contributed by atoms with E-state index in [1.807, 2.05) is 12.3 Å². The first-order valence-electron chi connectivity index (χ1n) is 6.44. The lowest BCUT2D eigenvalue weighted by molar-refractivity contribution is 0.289. The van der Waals surface area contributed by atoms with Crippen LogP contribution in [0.15, 0.2) is 18.6 Å². The van der Waals surface area contributed by atoms with E-state index in [4.69, 9.17) is 0 Å². The van der Waals surface area contributed by atoms with Crippen LogP contribution in [-0.4, -0.2) is 33.1 Å². The highest BCUT2D eigenvalue weighted by molar-refractivity contribution is 5.86. The van der Waals surface area contributed by atoms with Crippen molar-refractivity contribution in [2.45, 2.75) is 38.3 Å². The Hall–Kier alpha value is -1.62. The Balaban J connectivity index is 1.75. The van der Waals surface area contributed by atoms with Crippen LogP contribution in [0.1, 0.15) is 26.7 Å². The Kier molecular flexibility index (Phi) is 2.70. The topological polar surface area (TPSA) is 65.6 Å². The van der Waals surface area contributed by atoms with E-state index in [2.05, 4.69) is 39.4 Å². The minimum absolute atomic E-state index is 0.257. The summed E-state index contributed by atoms with van der Waals surface area (Å²) in [5.74, 6) is 0.924. The molecule has 0 bridgehead atoms. The van der Waals surface area contributed by atoms with Gasteiger partial charge >= 0.3 is 0 Å². The third-order valence-electron chi connectivity index (χ3n) is 3.64. The van der Waals surface area contributed by atoms with Gasteiger partial charge in [-0.2, -0.15) is 0 Å². The van der Waals surface area contributed by atoms with E-state index < -0.39 is 0 Å². The van der Waals surface area contributed by atoms with Crippen LogP contribution in [0.4, 0.5) is 5.82 Å². The van der Waals surface area contributed by atoms with Crippen LogP contribution in [0, 0.1) is 0 Å². The molecule has 0 radical (unpaired) electrons. The number of piperidine rings is 1. The fourth-order valence-corrected chi connectivity index (χ4v) is 2.43. The number of rotatable bonds is 2. The van der Waals surface area contributed by atoms with Gasteiger partial charge in [-0.05, 0) is 32.8 Å². The fourth-order valence-electron chi connectivity index (χ4n) is 2.43. The zero-order valence-electron chi connectivity index (χ0n) is 10.8. The summed E-state index contributed by atoms with van der Waals surface area (Å²) in [4.78, 5) is 11.6. The van der Waals surface area contributed by atoms with E-state index >= 15 is 0 Å². The number of aromatic nitrogens is 3. The highest BCUT2D eigenvalue weighted by Gasteiger charge is 2.26. The molecule has 5 heteroatoms. The van der Waals surface area contributed by atoms with Crippen LogP contribution in [0.25, 0.3) is 11.0 Å². The van der Waals surface area contributed by atoms with E-state index in [1.54, 1.807) is 6.33 Å². The molecule has 1 unspecified atom stereocenters. The van der Waals surface area contributed by atoms with Crippen molar-refractivity contribution < 1.29 is 0 Å². The lowest BCUT2D eigenvalue weighted by atomic mass is 9.91. The first kappa shape index (κ1) is 11.5. The van der Waals surface area contributed by atoms with Crippen molar-refractivity contribution in [2.75, 3.05) is 11.9 Å². The molecule has 3 heterocycles. The first-order chi connectivity index (χ1) is 8.64. The van der Waals surface area contributed by atoms with Crippen LogP contribution in [0.3, 0.4) is 0 Å². The molecule has 0 spiro atoms. The third-order valence-corrected chi connectivity index (χ3v) is 3.64. The maximum Gasteiger partial charge on any atom is 0.142 e. The van der Waals surface area contributed by atoms with Gasteiger partial charge in [-0.15, -0.1) is 0 Å². The molecule has 18 heavy (non-hydrogen) atoms. The van der Waals surface area contributed by atoms with E-state index in [9.17, 15) is 0 Å². The Bertz CT molecular complexity index is 535. The Morgan fingerprint density at radius 3 is 3.06 bits per heavy atom. The van der Waals surface area contributed by atoms with E-state index in [-0.39, 0.29) is 5.54 Å². The van der Waals surface area contributed by atoms with Crippen LogP contribution < -0.4 is 10.6 Å². The second-order valence-corrected chi connectivity index (χ2v) is 5.61. The predicted molar refractivity (Wildman–Crippen MR) is 72.6 cm³/mol. The molecule has 1 aliphatic rings. The van der Waals surface area contributed by atoms with Crippen LogP contribution >= 0.6 is 0 Å². The van der Waals surface area contributed by atoms with E-state index in [1.165, 1.54) is 6.42 Å². The van der Waals surface area contributed by atoms with Crippen LogP contribution in [0.2, 0.25) is 0 Å². The van der Waals surface area contributed by atoms with Gasteiger partial charge in [-0.25, -0.2) is 9.97 Å². The fraction of sp³-hybridized carbons (Fsp3) is 0.538. The van der Waals surface area contributed by atoms with Crippen molar-refractivity contribution in [2.24, 2.45) is 0 Å². The SMILES string of the molecule is CC1(C)CCC(Nc2ncnc3[nH]ccc23)CN1. The van der Waals surface area contributed by atoms with Crippen molar-refractivity contribution in [3.05, 3.63) is 18.6 Å². The number of fused-ring (bicyclic) bond motifs is 1. The number of H-pyrrole nitrogens is 1. The summed E-state index contributed by atoms with van der Waals surface area (Å²) >= 11 is 0. The molecule has 2 aromatic rings. The molecule has 1 atom stereocenters. The summed E-state index contributed by atoms with van der Waals surface area (Å²) in [5, 5.41) is 8.13. The van der Waals surface area contributed by atoms with Crippen molar-refractivity contribution in [1.82, 2.24) is 20.3 Å². The summed E-state index contributed by atoms with van der Waals surface area (Å²) in [5.41, 5.74) is 1.14. The molecule has 0 amide bonds. The van der Waals surface area contributed by atoms with Crippen LogP contribution in [-0.2, 0) is 0 Å². The molecule has 3 rings (SSSR count). The standard InChI is InChI=1S/C13H19N5/c1-13(2)5-3-9(7-17-13)18-12-10-4-6-14-11(10)15-8-16-12/h4,6,8-9,17H,3,5,7H2,1-2H3,(H2,14,15,16,18). The van der Waals surface area contributed by atoms with Crippen molar-refractivity contribution in [3.8, 4) is 0 Å². The molecule has 0 aliphatic carbocycles. The minimum atomic E-state index is 0.257. The number of hydrogen-bond acceptors (Lipinski definition) is 4. The average Bonchev–Trinajstić information content (AvgIpc) is 2.81. The molecule has 2 aromatic heterocycles. The number of anilines is 1. The van der Waals surface area contributed by atoms with Gasteiger partial charge in [0.05, 0.1) is 5.39 Å². The lowest BCUT2D eigenvalue weighted by Crippen LogP contribution is -2.50. The van der Waals surface area contributed by atoms with Crippen molar-refractivity contribution in [1.29, 1.82) is 0 Å². The van der Waals surface area contributed by atoms with Gasteiger partial charge < -0.3 is 15.6 Å². The highest BCUT2D eigenvalue weighted by Crippen LogP contribution is 2.23. The Morgan fingerprint density at radius 2 is 2.28 bits per heavy atom. The lowest BCUT2D eigenvalue weighted by Gasteiger charge is -2.36. The van der Waals surface area contributed by atoms with E-state index in [0.717, 1.165) is 29.8 Å². The number of nitrogens with zero attached hydrogens (tertiary/aromatic N) is 2. The average molecular weight is 245 g/mol. The van der Waals surface area contributed by atoms with Crippen LogP contribution in [0.5, 0.6) is 0 Å². The zero-order valence-corrected chi connectivity index (χ0v) is 10.8. The molecule has 0 aromatic carbocycles. The first-order valence-corrected chi connectivity index (χ1v) is 6.44. The highest BCUT2D eigenvalue weighted by atomic mass is 15.1. The Morgan fingerprint density at radius 1 is 1.39 bits per heavy atom. The quantitative estimate of drug-likeness (QED) is 0.756. The van der Waals surface area contributed by atoms with Gasteiger partial charge in [0.25, 0.3) is 0 Å². The van der Waals surface area contributed by atoms with Crippen molar-refractivity contribution in [3.63, 3.8) is 0 Å². The maximum atomic E-state index is 4.34. The largest absolute Gasteiger partial charge is 0.365 e. The van der Waals surface area contributed by atoms with Gasteiger partial charge in [0.2, 0.25) is 0 Å². The molecule has 96 valence electrons. The van der Waals surface area contributed by atoms with Gasteiger partial charge in [-0.1, -0.05) is 0 Å². The summed E-state index contributed by atoms with van der Waals surface area (Å²) in [6.07, 6.45) is 5.83. The predicted octanol–water partition coefficient (Wildman–Crippen LogP) is 1.90. The number of nitrogens with one attached hydrogen (secondary N) is 3. The molecule has 3 N–H and O–H groups in total. The number of aromatic amines is 1.